The van der Waals surface area contributed by atoms with E-state index in [4.69, 9.17) is 9.47 Å². The third-order valence-electron chi connectivity index (χ3n) is 4.79. The SMILES string of the molecule is COc1ccc(CNC(=O)c2ccc(CN3CC(C)OC(C)C3)cc2)cc1Br. The average Bonchev–Trinajstić information content (AvgIpc) is 2.66. The maximum atomic E-state index is 12.4. The van der Waals surface area contributed by atoms with Crippen LogP contribution in [0.4, 0.5) is 0 Å². The first-order chi connectivity index (χ1) is 13.4. The highest BCUT2D eigenvalue weighted by atomic mass is 79.9. The highest BCUT2D eigenvalue weighted by Crippen LogP contribution is 2.25. The molecule has 1 aliphatic rings. The first-order valence-electron chi connectivity index (χ1n) is 9.52. The lowest BCUT2D eigenvalue weighted by atomic mass is 10.1. The first kappa shape index (κ1) is 20.8. The summed E-state index contributed by atoms with van der Waals surface area (Å²) in [5.74, 6) is 0.696. The van der Waals surface area contributed by atoms with Crippen molar-refractivity contribution in [2.45, 2.75) is 39.1 Å². The zero-order valence-corrected chi connectivity index (χ0v) is 18.2. The fraction of sp³-hybridized carbons (Fsp3) is 0.409. The lowest BCUT2D eigenvalue weighted by Crippen LogP contribution is -2.44. The molecule has 1 heterocycles. The summed E-state index contributed by atoms with van der Waals surface area (Å²) in [6.07, 6.45) is 0.513. The van der Waals surface area contributed by atoms with Crippen molar-refractivity contribution < 1.29 is 14.3 Å². The number of carbonyl (C=O) groups is 1. The van der Waals surface area contributed by atoms with Crippen molar-refractivity contribution >= 4 is 21.8 Å². The van der Waals surface area contributed by atoms with Crippen LogP contribution in [0.2, 0.25) is 0 Å². The molecule has 0 aliphatic carbocycles. The van der Waals surface area contributed by atoms with Crippen LogP contribution in [0.5, 0.6) is 5.75 Å². The zero-order valence-electron chi connectivity index (χ0n) is 16.6. The molecule has 1 saturated heterocycles. The molecular weight excluding hydrogens is 420 g/mol. The number of amides is 1. The van der Waals surface area contributed by atoms with Gasteiger partial charge in [-0.15, -0.1) is 0 Å². The molecule has 0 radical (unpaired) electrons. The number of nitrogens with zero attached hydrogens (tertiary/aromatic N) is 1. The number of ether oxygens (including phenoxy) is 2. The van der Waals surface area contributed by atoms with Gasteiger partial charge in [0.05, 0.1) is 23.8 Å². The Morgan fingerprint density at radius 2 is 1.79 bits per heavy atom. The Kier molecular flexibility index (Phi) is 7.10. The smallest absolute Gasteiger partial charge is 0.251 e. The number of nitrogens with one attached hydrogen (secondary N) is 1. The number of morpholine rings is 1. The summed E-state index contributed by atoms with van der Waals surface area (Å²) in [5.41, 5.74) is 2.88. The molecule has 1 amide bonds. The maximum absolute atomic E-state index is 12.4. The molecule has 1 N–H and O–H groups in total. The van der Waals surface area contributed by atoms with Crippen LogP contribution in [-0.2, 0) is 17.8 Å². The van der Waals surface area contributed by atoms with Gasteiger partial charge in [-0.1, -0.05) is 18.2 Å². The standard InChI is InChI=1S/C22H27BrN2O3/c1-15-12-25(13-16(2)28-15)14-17-4-7-19(8-5-17)22(26)24-11-18-6-9-21(27-3)20(23)10-18/h4-10,15-16H,11-14H2,1-3H3,(H,24,26). The molecule has 0 bridgehead atoms. The maximum Gasteiger partial charge on any atom is 0.251 e. The van der Waals surface area contributed by atoms with Gasteiger partial charge in [0.25, 0.3) is 5.91 Å². The van der Waals surface area contributed by atoms with E-state index in [1.807, 2.05) is 42.5 Å². The second-order valence-electron chi connectivity index (χ2n) is 7.30. The van der Waals surface area contributed by atoms with Gasteiger partial charge in [0.1, 0.15) is 5.75 Å². The predicted octanol–water partition coefficient (Wildman–Crippen LogP) is 4.00. The Bertz CT molecular complexity index is 800. The summed E-state index contributed by atoms with van der Waals surface area (Å²) in [5, 5.41) is 2.96. The van der Waals surface area contributed by atoms with Gasteiger partial charge < -0.3 is 14.8 Å². The highest BCUT2D eigenvalue weighted by Gasteiger charge is 2.22. The minimum absolute atomic E-state index is 0.0768. The Hall–Kier alpha value is -1.89. The van der Waals surface area contributed by atoms with Crippen LogP contribution in [0, 0.1) is 0 Å². The zero-order chi connectivity index (χ0) is 20.1. The molecule has 2 atom stereocenters. The summed E-state index contributed by atoms with van der Waals surface area (Å²) in [6.45, 7) is 7.43. The number of hydrogen-bond donors (Lipinski definition) is 1. The number of carbonyl (C=O) groups excluding carboxylic acids is 1. The normalized spacial score (nSPS) is 20.0. The summed E-state index contributed by atoms with van der Waals surface area (Å²) < 4.78 is 11.9. The molecular formula is C22H27BrN2O3. The van der Waals surface area contributed by atoms with Gasteiger partial charge in [-0.3, -0.25) is 9.69 Å². The van der Waals surface area contributed by atoms with E-state index in [1.54, 1.807) is 7.11 Å². The van der Waals surface area contributed by atoms with Gasteiger partial charge in [-0.2, -0.15) is 0 Å². The van der Waals surface area contributed by atoms with Crippen LogP contribution in [0.15, 0.2) is 46.9 Å². The van der Waals surface area contributed by atoms with E-state index in [9.17, 15) is 4.79 Å². The van der Waals surface area contributed by atoms with E-state index in [0.717, 1.165) is 35.4 Å². The van der Waals surface area contributed by atoms with E-state index in [2.05, 4.69) is 40.0 Å². The lowest BCUT2D eigenvalue weighted by molar-refractivity contribution is -0.0704. The number of benzene rings is 2. The van der Waals surface area contributed by atoms with E-state index in [0.29, 0.717) is 12.1 Å². The average molecular weight is 447 g/mol. The van der Waals surface area contributed by atoms with Crippen molar-refractivity contribution in [1.29, 1.82) is 0 Å². The summed E-state index contributed by atoms with van der Waals surface area (Å²) in [4.78, 5) is 14.8. The van der Waals surface area contributed by atoms with Crippen molar-refractivity contribution in [3.8, 4) is 5.75 Å². The Morgan fingerprint density at radius 3 is 2.39 bits per heavy atom. The van der Waals surface area contributed by atoms with E-state index in [-0.39, 0.29) is 18.1 Å². The Labute approximate surface area is 175 Å². The fourth-order valence-electron chi connectivity index (χ4n) is 3.54. The van der Waals surface area contributed by atoms with Crippen molar-refractivity contribution in [3.63, 3.8) is 0 Å². The molecule has 1 fully saturated rings. The van der Waals surface area contributed by atoms with Gasteiger partial charge in [-0.05, 0) is 65.2 Å². The molecule has 0 spiro atoms. The van der Waals surface area contributed by atoms with Crippen molar-refractivity contribution in [2.75, 3.05) is 20.2 Å². The number of methoxy groups -OCH3 is 1. The van der Waals surface area contributed by atoms with Crippen LogP contribution in [0.3, 0.4) is 0 Å². The molecule has 5 nitrogen and oxygen atoms in total. The molecule has 0 aromatic heterocycles. The molecule has 2 unspecified atom stereocenters. The van der Waals surface area contributed by atoms with Gasteiger partial charge in [-0.25, -0.2) is 0 Å². The monoisotopic (exact) mass is 446 g/mol. The van der Waals surface area contributed by atoms with Crippen LogP contribution in [0.25, 0.3) is 0 Å². The fourth-order valence-corrected chi connectivity index (χ4v) is 4.13. The first-order valence-corrected chi connectivity index (χ1v) is 10.3. The third-order valence-corrected chi connectivity index (χ3v) is 5.41. The van der Waals surface area contributed by atoms with E-state index in [1.165, 1.54) is 5.56 Å². The quantitative estimate of drug-likeness (QED) is 0.728. The Balaban J connectivity index is 1.54. The summed E-state index contributed by atoms with van der Waals surface area (Å²) >= 11 is 3.47. The van der Waals surface area contributed by atoms with Gasteiger partial charge in [0.15, 0.2) is 0 Å². The second kappa shape index (κ2) is 9.54. The van der Waals surface area contributed by atoms with Crippen LogP contribution in [0.1, 0.15) is 35.3 Å². The lowest BCUT2D eigenvalue weighted by Gasteiger charge is -2.35. The topological polar surface area (TPSA) is 50.8 Å². The van der Waals surface area contributed by atoms with E-state index < -0.39 is 0 Å². The van der Waals surface area contributed by atoms with Crippen molar-refractivity contribution in [2.24, 2.45) is 0 Å². The minimum atomic E-state index is -0.0768. The molecule has 6 heteroatoms. The largest absolute Gasteiger partial charge is 0.496 e. The van der Waals surface area contributed by atoms with Gasteiger partial charge in [0, 0.05) is 31.7 Å². The number of rotatable bonds is 6. The van der Waals surface area contributed by atoms with Crippen LogP contribution < -0.4 is 10.1 Å². The number of halogens is 1. The molecule has 28 heavy (non-hydrogen) atoms. The van der Waals surface area contributed by atoms with Crippen molar-refractivity contribution in [1.82, 2.24) is 10.2 Å². The number of hydrogen-bond acceptors (Lipinski definition) is 4. The molecule has 150 valence electrons. The van der Waals surface area contributed by atoms with Gasteiger partial charge in [0.2, 0.25) is 0 Å². The second-order valence-corrected chi connectivity index (χ2v) is 8.15. The van der Waals surface area contributed by atoms with Crippen LogP contribution in [-0.4, -0.2) is 43.2 Å². The van der Waals surface area contributed by atoms with Crippen LogP contribution >= 0.6 is 15.9 Å². The molecule has 3 rings (SSSR count). The highest BCUT2D eigenvalue weighted by molar-refractivity contribution is 9.10. The molecule has 0 saturated carbocycles. The molecule has 2 aromatic carbocycles. The minimum Gasteiger partial charge on any atom is -0.496 e. The predicted molar refractivity (Wildman–Crippen MR) is 114 cm³/mol. The molecule has 2 aromatic rings. The van der Waals surface area contributed by atoms with Crippen molar-refractivity contribution in [3.05, 3.63) is 63.6 Å². The summed E-state index contributed by atoms with van der Waals surface area (Å²) in [7, 11) is 1.63. The summed E-state index contributed by atoms with van der Waals surface area (Å²) in [6, 6.07) is 13.6. The third kappa shape index (κ3) is 5.56. The molecule has 1 aliphatic heterocycles. The van der Waals surface area contributed by atoms with Gasteiger partial charge >= 0.3 is 0 Å². The Morgan fingerprint density at radius 1 is 1.14 bits per heavy atom. The van der Waals surface area contributed by atoms with E-state index >= 15 is 0 Å².